The summed E-state index contributed by atoms with van der Waals surface area (Å²) in [6, 6.07) is 7.97. The summed E-state index contributed by atoms with van der Waals surface area (Å²) in [5.41, 5.74) is 6.88. The molecule has 0 saturated carbocycles. The number of nitrogens with one attached hydrogen (secondary N) is 1. The molecule has 0 spiro atoms. The second kappa shape index (κ2) is 6.89. The predicted molar refractivity (Wildman–Crippen MR) is 72.4 cm³/mol. The number of benzene rings is 1. The highest BCUT2D eigenvalue weighted by atomic mass is 16.4. The molecule has 2 unspecified atom stereocenters. The first-order chi connectivity index (χ1) is 8.97. The minimum absolute atomic E-state index is 0.342. The molecule has 0 aromatic heterocycles. The zero-order valence-electron chi connectivity index (χ0n) is 11.2. The van der Waals surface area contributed by atoms with Crippen LogP contribution in [0.5, 0.6) is 0 Å². The molecular formula is C14H20N2O3. The Hall–Kier alpha value is -1.88. The Labute approximate surface area is 112 Å². The number of carboxylic acid groups (broad SMARTS) is 1. The summed E-state index contributed by atoms with van der Waals surface area (Å²) in [6.45, 7) is 3.41. The van der Waals surface area contributed by atoms with E-state index < -0.39 is 24.0 Å². The molecule has 5 heteroatoms. The maximum Gasteiger partial charge on any atom is 0.326 e. The van der Waals surface area contributed by atoms with Crippen LogP contribution in [0.2, 0.25) is 0 Å². The van der Waals surface area contributed by atoms with E-state index in [-0.39, 0.29) is 5.91 Å². The first-order valence-electron chi connectivity index (χ1n) is 6.31. The van der Waals surface area contributed by atoms with E-state index in [1.165, 1.54) is 0 Å². The standard InChI is InChI=1S/C14H20N2O3/c1-3-11(14(18)19)16-13(17)9(2)12(15)10-7-5-4-6-8-10/h4-9,11-12H,3,15H2,1-2H3,(H,16,17)(H,18,19)/t9?,11-,12?/m1/s1. The van der Waals surface area contributed by atoms with Crippen molar-refractivity contribution in [2.24, 2.45) is 11.7 Å². The zero-order valence-corrected chi connectivity index (χ0v) is 11.2. The number of aliphatic carboxylic acids is 1. The SMILES string of the molecule is CC[C@@H](NC(=O)C(C)C(N)c1ccccc1)C(=O)O. The summed E-state index contributed by atoms with van der Waals surface area (Å²) in [5.74, 6) is -1.86. The van der Waals surface area contributed by atoms with Gasteiger partial charge in [-0.3, -0.25) is 4.79 Å². The largest absolute Gasteiger partial charge is 0.480 e. The van der Waals surface area contributed by atoms with Crippen molar-refractivity contribution in [3.63, 3.8) is 0 Å². The van der Waals surface area contributed by atoms with Gasteiger partial charge in [0.1, 0.15) is 6.04 Å². The molecule has 0 heterocycles. The lowest BCUT2D eigenvalue weighted by Crippen LogP contribution is -2.44. The summed E-state index contributed by atoms with van der Waals surface area (Å²) >= 11 is 0. The highest BCUT2D eigenvalue weighted by Gasteiger charge is 2.25. The number of hydrogen-bond acceptors (Lipinski definition) is 3. The van der Waals surface area contributed by atoms with Crippen LogP contribution in [-0.2, 0) is 9.59 Å². The molecule has 1 aromatic rings. The van der Waals surface area contributed by atoms with Crippen LogP contribution in [0.15, 0.2) is 30.3 Å². The quantitative estimate of drug-likeness (QED) is 0.722. The third kappa shape index (κ3) is 4.06. The van der Waals surface area contributed by atoms with E-state index in [1.807, 2.05) is 30.3 Å². The Morgan fingerprint density at radius 1 is 1.32 bits per heavy atom. The molecule has 0 aliphatic carbocycles. The van der Waals surface area contributed by atoms with Crippen LogP contribution in [-0.4, -0.2) is 23.0 Å². The molecule has 0 aliphatic heterocycles. The van der Waals surface area contributed by atoms with Gasteiger partial charge in [0.2, 0.25) is 5.91 Å². The number of carboxylic acids is 1. The van der Waals surface area contributed by atoms with E-state index in [4.69, 9.17) is 10.8 Å². The number of rotatable bonds is 6. The maximum absolute atomic E-state index is 12.0. The number of hydrogen-bond donors (Lipinski definition) is 3. The van der Waals surface area contributed by atoms with Gasteiger partial charge in [-0.2, -0.15) is 0 Å². The third-order valence-electron chi connectivity index (χ3n) is 3.16. The second-order valence-electron chi connectivity index (χ2n) is 4.53. The molecular weight excluding hydrogens is 244 g/mol. The lowest BCUT2D eigenvalue weighted by Gasteiger charge is -2.21. The van der Waals surface area contributed by atoms with Gasteiger partial charge >= 0.3 is 5.97 Å². The van der Waals surface area contributed by atoms with Gasteiger partial charge in [-0.15, -0.1) is 0 Å². The van der Waals surface area contributed by atoms with Gasteiger partial charge in [0.15, 0.2) is 0 Å². The molecule has 0 radical (unpaired) electrons. The normalized spacial score (nSPS) is 15.3. The predicted octanol–water partition coefficient (Wildman–Crippen LogP) is 1.30. The highest BCUT2D eigenvalue weighted by molar-refractivity contribution is 5.85. The van der Waals surface area contributed by atoms with Crippen LogP contribution in [0.25, 0.3) is 0 Å². The Bertz CT molecular complexity index is 434. The summed E-state index contributed by atoms with van der Waals surface area (Å²) < 4.78 is 0. The number of amides is 1. The Morgan fingerprint density at radius 2 is 1.89 bits per heavy atom. The van der Waals surface area contributed by atoms with Gasteiger partial charge in [0.25, 0.3) is 0 Å². The van der Waals surface area contributed by atoms with Crippen molar-refractivity contribution in [3.05, 3.63) is 35.9 Å². The van der Waals surface area contributed by atoms with Gasteiger partial charge in [0.05, 0.1) is 5.92 Å². The molecule has 1 rings (SSSR count). The number of nitrogens with two attached hydrogens (primary N) is 1. The van der Waals surface area contributed by atoms with Crippen LogP contribution in [0.4, 0.5) is 0 Å². The molecule has 4 N–H and O–H groups in total. The van der Waals surface area contributed by atoms with E-state index in [9.17, 15) is 9.59 Å². The van der Waals surface area contributed by atoms with Crippen LogP contribution < -0.4 is 11.1 Å². The van der Waals surface area contributed by atoms with Gasteiger partial charge in [-0.1, -0.05) is 44.2 Å². The molecule has 1 amide bonds. The molecule has 5 nitrogen and oxygen atoms in total. The van der Waals surface area contributed by atoms with Crippen molar-refractivity contribution in [2.75, 3.05) is 0 Å². The zero-order chi connectivity index (χ0) is 14.4. The average molecular weight is 264 g/mol. The van der Waals surface area contributed by atoms with E-state index >= 15 is 0 Å². The van der Waals surface area contributed by atoms with E-state index in [1.54, 1.807) is 13.8 Å². The van der Waals surface area contributed by atoms with Crippen LogP contribution >= 0.6 is 0 Å². The minimum Gasteiger partial charge on any atom is -0.480 e. The molecule has 19 heavy (non-hydrogen) atoms. The number of carbonyl (C=O) groups is 2. The van der Waals surface area contributed by atoms with Gasteiger partial charge in [-0.05, 0) is 12.0 Å². The summed E-state index contributed by atoms with van der Waals surface area (Å²) in [6.07, 6.45) is 0.342. The average Bonchev–Trinajstić information content (AvgIpc) is 2.43. The Morgan fingerprint density at radius 3 is 2.37 bits per heavy atom. The van der Waals surface area contributed by atoms with Crippen LogP contribution in [0.1, 0.15) is 31.9 Å². The Balaban J connectivity index is 2.69. The van der Waals surface area contributed by atoms with E-state index in [2.05, 4.69) is 5.32 Å². The van der Waals surface area contributed by atoms with Crippen molar-refractivity contribution in [3.8, 4) is 0 Å². The first kappa shape index (κ1) is 15.2. The lowest BCUT2D eigenvalue weighted by atomic mass is 9.94. The fourth-order valence-electron chi connectivity index (χ4n) is 1.77. The van der Waals surface area contributed by atoms with Crippen molar-refractivity contribution in [1.29, 1.82) is 0 Å². The molecule has 1 aromatic carbocycles. The molecule has 3 atom stereocenters. The smallest absolute Gasteiger partial charge is 0.326 e. The second-order valence-corrected chi connectivity index (χ2v) is 4.53. The molecule has 0 saturated heterocycles. The topological polar surface area (TPSA) is 92.4 Å². The van der Waals surface area contributed by atoms with E-state index in [0.717, 1.165) is 5.56 Å². The summed E-state index contributed by atoms with van der Waals surface area (Å²) in [5, 5.41) is 11.4. The molecule has 0 aliphatic rings. The summed E-state index contributed by atoms with van der Waals surface area (Å²) in [4.78, 5) is 22.9. The molecule has 104 valence electrons. The van der Waals surface area contributed by atoms with Crippen LogP contribution in [0.3, 0.4) is 0 Å². The third-order valence-corrected chi connectivity index (χ3v) is 3.16. The lowest BCUT2D eigenvalue weighted by molar-refractivity contribution is -0.142. The van der Waals surface area contributed by atoms with Crippen molar-refractivity contribution in [2.45, 2.75) is 32.4 Å². The van der Waals surface area contributed by atoms with Crippen molar-refractivity contribution in [1.82, 2.24) is 5.32 Å². The van der Waals surface area contributed by atoms with Crippen molar-refractivity contribution < 1.29 is 14.7 Å². The van der Waals surface area contributed by atoms with Gasteiger partial charge in [0, 0.05) is 6.04 Å². The Kier molecular flexibility index (Phi) is 5.51. The van der Waals surface area contributed by atoms with E-state index in [0.29, 0.717) is 6.42 Å². The fourth-order valence-corrected chi connectivity index (χ4v) is 1.77. The first-order valence-corrected chi connectivity index (χ1v) is 6.31. The summed E-state index contributed by atoms with van der Waals surface area (Å²) in [7, 11) is 0. The van der Waals surface area contributed by atoms with Crippen LogP contribution in [0, 0.1) is 5.92 Å². The maximum atomic E-state index is 12.0. The minimum atomic E-state index is -1.03. The molecule has 0 bridgehead atoms. The monoisotopic (exact) mass is 264 g/mol. The van der Waals surface area contributed by atoms with Gasteiger partial charge in [-0.25, -0.2) is 4.79 Å². The van der Waals surface area contributed by atoms with Gasteiger partial charge < -0.3 is 16.2 Å². The fraction of sp³-hybridized carbons (Fsp3) is 0.429. The highest BCUT2D eigenvalue weighted by Crippen LogP contribution is 2.19. The molecule has 0 fully saturated rings. The number of carbonyl (C=O) groups excluding carboxylic acids is 1. The van der Waals surface area contributed by atoms with Crippen molar-refractivity contribution >= 4 is 11.9 Å².